The molecule has 0 aliphatic rings. The van der Waals surface area contributed by atoms with E-state index in [2.05, 4.69) is 67.8 Å². The van der Waals surface area contributed by atoms with Gasteiger partial charge in [-0.3, -0.25) is 9.59 Å². The minimum absolute atomic E-state index is 0.00585. The van der Waals surface area contributed by atoms with Crippen LogP contribution < -0.4 is 5.32 Å². The van der Waals surface area contributed by atoms with E-state index in [9.17, 15) is 19.8 Å². The highest BCUT2D eigenvalue weighted by molar-refractivity contribution is 5.76. The predicted molar refractivity (Wildman–Crippen MR) is 412 cm³/mol. The summed E-state index contributed by atoms with van der Waals surface area (Å²) in [6, 6.07) is -0.541. The first-order valence-electron chi connectivity index (χ1n) is 42.4. The summed E-state index contributed by atoms with van der Waals surface area (Å²) in [4.78, 5) is 24.7. The lowest BCUT2D eigenvalue weighted by atomic mass is 10.0. The highest BCUT2D eigenvalue weighted by Crippen LogP contribution is 2.20. The monoisotopic (exact) mass is 1300 g/mol. The van der Waals surface area contributed by atoms with Crippen molar-refractivity contribution in [2.45, 2.75) is 482 Å². The quantitative estimate of drug-likeness (QED) is 0.0320. The number of carbonyl (C=O) groups is 2. The van der Waals surface area contributed by atoms with Crippen molar-refractivity contribution in [3.05, 3.63) is 48.6 Å². The van der Waals surface area contributed by atoms with Gasteiger partial charge in [-0.05, 0) is 89.9 Å². The number of nitrogens with one attached hydrogen (secondary N) is 1. The van der Waals surface area contributed by atoms with E-state index in [-0.39, 0.29) is 18.5 Å². The van der Waals surface area contributed by atoms with Gasteiger partial charge in [0.15, 0.2) is 0 Å². The first-order valence-corrected chi connectivity index (χ1v) is 42.4. The maximum Gasteiger partial charge on any atom is 0.305 e. The van der Waals surface area contributed by atoms with E-state index in [4.69, 9.17) is 4.74 Å². The van der Waals surface area contributed by atoms with Crippen LogP contribution in [0.2, 0.25) is 0 Å². The Kier molecular flexibility index (Phi) is 80.3. The number of aliphatic hydroxyl groups is 2. The molecule has 0 fully saturated rings. The topological polar surface area (TPSA) is 95.9 Å². The summed E-state index contributed by atoms with van der Waals surface area (Å²) in [6.07, 6.45) is 109. The predicted octanol–water partition coefficient (Wildman–Crippen LogP) is 28.3. The Morgan fingerprint density at radius 1 is 0.301 bits per heavy atom. The maximum absolute atomic E-state index is 12.6. The molecule has 6 nitrogen and oxygen atoms in total. The molecule has 0 spiro atoms. The molecule has 0 saturated heterocycles. The molecule has 0 aromatic carbocycles. The van der Waals surface area contributed by atoms with E-state index in [0.29, 0.717) is 25.9 Å². The second kappa shape index (κ2) is 82.2. The van der Waals surface area contributed by atoms with Gasteiger partial charge in [-0.1, -0.05) is 416 Å². The van der Waals surface area contributed by atoms with E-state index in [1.807, 2.05) is 0 Å². The third-order valence-corrected chi connectivity index (χ3v) is 19.9. The van der Waals surface area contributed by atoms with Crippen LogP contribution >= 0.6 is 0 Å². The van der Waals surface area contributed by atoms with Gasteiger partial charge in [0.05, 0.1) is 25.4 Å². The summed E-state index contributed by atoms with van der Waals surface area (Å²) in [6.45, 7) is 4.98. The van der Waals surface area contributed by atoms with Crippen LogP contribution in [0.15, 0.2) is 48.6 Å². The lowest BCUT2D eigenvalue weighted by Crippen LogP contribution is -2.45. The smallest absolute Gasteiger partial charge is 0.305 e. The van der Waals surface area contributed by atoms with Crippen LogP contribution in [0, 0.1) is 0 Å². The van der Waals surface area contributed by atoms with E-state index in [1.165, 1.54) is 379 Å². The molecule has 2 atom stereocenters. The van der Waals surface area contributed by atoms with Crippen molar-refractivity contribution < 1.29 is 24.5 Å². The second-order valence-electron chi connectivity index (χ2n) is 29.2. The molecule has 0 aliphatic heterocycles. The third-order valence-electron chi connectivity index (χ3n) is 19.9. The van der Waals surface area contributed by atoms with Crippen molar-refractivity contribution in [3.8, 4) is 0 Å². The van der Waals surface area contributed by atoms with Gasteiger partial charge in [0, 0.05) is 12.8 Å². The number of unbranched alkanes of at least 4 members (excludes halogenated alkanes) is 61. The average Bonchev–Trinajstić information content (AvgIpc) is 3.78. The molecule has 0 saturated carbocycles. The maximum atomic E-state index is 12.6. The molecule has 2 unspecified atom stereocenters. The van der Waals surface area contributed by atoms with Crippen molar-refractivity contribution in [2.24, 2.45) is 0 Å². The molecular formula is C87H165NO5. The van der Waals surface area contributed by atoms with Gasteiger partial charge in [0.2, 0.25) is 5.91 Å². The molecule has 0 heterocycles. The lowest BCUT2D eigenvalue weighted by Gasteiger charge is -2.22. The molecule has 6 heteroatoms. The summed E-state index contributed by atoms with van der Waals surface area (Å²) in [7, 11) is 0. The van der Waals surface area contributed by atoms with Gasteiger partial charge in [-0.15, -0.1) is 0 Å². The van der Waals surface area contributed by atoms with Crippen molar-refractivity contribution in [3.63, 3.8) is 0 Å². The zero-order valence-electron chi connectivity index (χ0n) is 63.0. The van der Waals surface area contributed by atoms with E-state index < -0.39 is 12.1 Å². The van der Waals surface area contributed by atoms with Gasteiger partial charge in [0.1, 0.15) is 0 Å². The second-order valence-corrected chi connectivity index (χ2v) is 29.2. The Balaban J connectivity index is 3.37. The van der Waals surface area contributed by atoms with Gasteiger partial charge >= 0.3 is 5.97 Å². The number of aliphatic hydroxyl groups excluding tert-OH is 2. The minimum atomic E-state index is -0.664. The third kappa shape index (κ3) is 78.7. The number of hydrogen-bond acceptors (Lipinski definition) is 5. The zero-order valence-corrected chi connectivity index (χ0v) is 63.0. The average molecular weight is 1310 g/mol. The molecule has 93 heavy (non-hydrogen) atoms. The highest BCUT2D eigenvalue weighted by atomic mass is 16.5. The summed E-state index contributed by atoms with van der Waals surface area (Å²) in [5.41, 5.74) is 0. The normalized spacial score (nSPS) is 12.7. The lowest BCUT2D eigenvalue weighted by molar-refractivity contribution is -0.143. The molecule has 548 valence electrons. The molecule has 3 N–H and O–H groups in total. The molecule has 0 radical (unpaired) electrons. The SMILES string of the molecule is CCCCCC/C=C\C/C=C\CCCCCCCC(=O)OCCCCCCCCCCCCCCC/C=C\C/C=C\CCCCCCCCCCCCCCCCCCCC(=O)NC(CO)C(O)CCCCCCCCCCCCCCCCCCCCCCCCC. The molecule has 1 amide bonds. The summed E-state index contributed by atoms with van der Waals surface area (Å²) in [5.74, 6) is -0.0210. The van der Waals surface area contributed by atoms with Crippen LogP contribution in [-0.2, 0) is 14.3 Å². The van der Waals surface area contributed by atoms with Gasteiger partial charge in [-0.25, -0.2) is 0 Å². The fraction of sp³-hybridized carbons (Fsp3) is 0.885. The Hall–Kier alpha value is -2.18. The number of hydrogen-bond donors (Lipinski definition) is 3. The minimum Gasteiger partial charge on any atom is -0.466 e. The molecular weight excluding hydrogens is 1140 g/mol. The first-order chi connectivity index (χ1) is 46.0. The number of esters is 1. The molecule has 0 aromatic rings. The standard InChI is InChI=1S/C87H165NO5/c1-3-5-7-9-11-13-15-17-19-21-22-23-39-42-45-48-51-55-59-63-67-71-75-79-85(90)84(83-89)88-86(91)80-76-72-68-64-60-56-52-49-46-43-40-37-35-33-31-29-27-25-24-26-28-30-32-34-36-38-41-44-47-50-54-58-62-66-70-74-78-82-93-87(92)81-77-73-69-65-61-57-53-20-18-16-14-12-10-8-6-4-2/h14,16,20,24,26,30,32,53,84-85,89-90H,3-13,15,17-19,21-23,25,27-29,31,33-52,54-83H2,1-2H3,(H,88,91)/b16-14-,26-24-,32-30-,53-20-. The molecule has 0 aliphatic carbocycles. The van der Waals surface area contributed by atoms with Crippen molar-refractivity contribution in [2.75, 3.05) is 13.2 Å². The Bertz CT molecular complexity index is 1550. The Morgan fingerprint density at radius 3 is 0.828 bits per heavy atom. The Morgan fingerprint density at radius 2 is 0.538 bits per heavy atom. The molecule has 0 bridgehead atoms. The summed E-state index contributed by atoms with van der Waals surface area (Å²) < 4.78 is 5.50. The van der Waals surface area contributed by atoms with Crippen molar-refractivity contribution in [1.29, 1.82) is 0 Å². The van der Waals surface area contributed by atoms with Crippen LogP contribution in [0.25, 0.3) is 0 Å². The highest BCUT2D eigenvalue weighted by Gasteiger charge is 2.20. The van der Waals surface area contributed by atoms with Gasteiger partial charge in [0.25, 0.3) is 0 Å². The van der Waals surface area contributed by atoms with Crippen molar-refractivity contribution >= 4 is 11.9 Å². The number of rotatable bonds is 80. The first kappa shape index (κ1) is 90.8. The zero-order chi connectivity index (χ0) is 67.0. The number of carbonyl (C=O) groups excluding carboxylic acids is 2. The fourth-order valence-electron chi connectivity index (χ4n) is 13.4. The van der Waals surface area contributed by atoms with Crippen LogP contribution in [0.5, 0.6) is 0 Å². The number of amides is 1. The summed E-state index contributed by atoms with van der Waals surface area (Å²) in [5, 5.41) is 23.5. The van der Waals surface area contributed by atoms with E-state index >= 15 is 0 Å². The van der Waals surface area contributed by atoms with E-state index in [1.54, 1.807) is 0 Å². The van der Waals surface area contributed by atoms with Crippen LogP contribution in [0.3, 0.4) is 0 Å². The Labute approximate surface area is 582 Å². The van der Waals surface area contributed by atoms with E-state index in [0.717, 1.165) is 57.8 Å². The van der Waals surface area contributed by atoms with Gasteiger partial charge < -0.3 is 20.3 Å². The van der Waals surface area contributed by atoms with Crippen LogP contribution in [0.1, 0.15) is 470 Å². The van der Waals surface area contributed by atoms with Crippen molar-refractivity contribution in [1.82, 2.24) is 5.32 Å². The van der Waals surface area contributed by atoms with Crippen LogP contribution in [-0.4, -0.2) is 47.4 Å². The van der Waals surface area contributed by atoms with Crippen LogP contribution in [0.4, 0.5) is 0 Å². The largest absolute Gasteiger partial charge is 0.466 e. The molecule has 0 aromatic heterocycles. The number of ether oxygens (including phenoxy) is 1. The summed E-state index contributed by atoms with van der Waals surface area (Å²) >= 11 is 0. The number of allylic oxidation sites excluding steroid dienone is 8. The fourth-order valence-corrected chi connectivity index (χ4v) is 13.4. The van der Waals surface area contributed by atoms with Gasteiger partial charge in [-0.2, -0.15) is 0 Å². The molecule has 0 rings (SSSR count).